The van der Waals surface area contributed by atoms with Crippen molar-refractivity contribution in [3.05, 3.63) is 60.2 Å². The maximum Gasteiger partial charge on any atom is 0.0316 e. The predicted octanol–water partition coefficient (Wildman–Crippen LogP) is 3.55. The zero-order valence-corrected chi connectivity index (χ0v) is 9.62. The molecule has 0 fully saturated rings. The molecule has 0 bridgehead atoms. The summed E-state index contributed by atoms with van der Waals surface area (Å²) in [6, 6.07) is 17.6. The van der Waals surface area contributed by atoms with Gasteiger partial charge in [0.25, 0.3) is 0 Å². The molecule has 2 aromatic carbocycles. The molecule has 0 spiro atoms. The van der Waals surface area contributed by atoms with Gasteiger partial charge in [-0.25, -0.2) is 0 Å². The molecule has 0 aliphatic rings. The van der Waals surface area contributed by atoms with Gasteiger partial charge in [-0.2, -0.15) is 0 Å². The van der Waals surface area contributed by atoms with Gasteiger partial charge in [0.2, 0.25) is 0 Å². The van der Waals surface area contributed by atoms with Crippen LogP contribution in [0.4, 0.5) is 5.69 Å². The van der Waals surface area contributed by atoms with E-state index in [4.69, 9.17) is 5.73 Å². The van der Waals surface area contributed by atoms with E-state index in [1.54, 1.807) is 0 Å². The van der Waals surface area contributed by atoms with E-state index in [0.717, 1.165) is 10.6 Å². The second-order valence-corrected chi connectivity index (χ2v) is 3.77. The van der Waals surface area contributed by atoms with Gasteiger partial charge >= 0.3 is 0 Å². The molecule has 0 radical (unpaired) electrons. The van der Waals surface area contributed by atoms with Crippen LogP contribution in [0.5, 0.6) is 0 Å². The van der Waals surface area contributed by atoms with Crippen LogP contribution in [0.1, 0.15) is 5.56 Å². The van der Waals surface area contributed by atoms with E-state index in [9.17, 15) is 0 Å². The maximum atomic E-state index is 5.46. The summed E-state index contributed by atoms with van der Waals surface area (Å²) < 4.78 is 0. The lowest BCUT2D eigenvalue weighted by Gasteiger charge is -1.91. The van der Waals surface area contributed by atoms with Gasteiger partial charge in [0.05, 0.1) is 0 Å². The quantitative estimate of drug-likeness (QED) is 0.512. The number of hydrogen-bond acceptors (Lipinski definition) is 2. The molecule has 0 aliphatic carbocycles. The number of nitrogen functional groups attached to an aromatic ring is 1. The molecule has 0 amide bonds. The van der Waals surface area contributed by atoms with Crippen molar-refractivity contribution >= 4 is 18.3 Å². The SMILES string of the molecule is Cc1cccc(N)c1.Sc1ccccc1. The van der Waals surface area contributed by atoms with Crippen LogP contribution in [-0.2, 0) is 0 Å². The molecule has 0 aliphatic heterocycles. The van der Waals surface area contributed by atoms with E-state index >= 15 is 0 Å². The molecule has 1 nitrogen and oxygen atoms in total. The highest BCUT2D eigenvalue weighted by Crippen LogP contribution is 2.03. The normalized spacial score (nSPS) is 8.93. The first-order valence-corrected chi connectivity index (χ1v) is 5.19. The largest absolute Gasteiger partial charge is 0.399 e. The molecule has 15 heavy (non-hydrogen) atoms. The number of nitrogens with two attached hydrogens (primary N) is 1. The average Bonchev–Trinajstić information content (AvgIpc) is 2.19. The highest BCUT2D eigenvalue weighted by molar-refractivity contribution is 7.80. The standard InChI is InChI=1S/C7H9N.C6H6S/c1-6-3-2-4-7(8)5-6;7-6-4-2-1-3-5-6/h2-5H,8H2,1H3;1-5,7H. The van der Waals surface area contributed by atoms with Crippen LogP contribution in [0.15, 0.2) is 59.5 Å². The molecule has 0 atom stereocenters. The Hall–Kier alpha value is -1.41. The summed E-state index contributed by atoms with van der Waals surface area (Å²) in [6.45, 7) is 2.02. The second-order valence-electron chi connectivity index (χ2n) is 3.25. The third-order valence-corrected chi connectivity index (χ3v) is 2.10. The Morgan fingerprint density at radius 1 is 0.933 bits per heavy atom. The van der Waals surface area contributed by atoms with Gasteiger partial charge in [0.1, 0.15) is 0 Å². The van der Waals surface area contributed by atoms with E-state index in [1.165, 1.54) is 5.56 Å². The molecule has 2 N–H and O–H groups in total. The van der Waals surface area contributed by atoms with Crippen molar-refractivity contribution in [1.29, 1.82) is 0 Å². The van der Waals surface area contributed by atoms with E-state index in [2.05, 4.69) is 12.6 Å². The molecule has 0 saturated heterocycles. The third-order valence-electron chi connectivity index (χ3n) is 1.80. The van der Waals surface area contributed by atoms with Crippen molar-refractivity contribution in [2.24, 2.45) is 0 Å². The molecule has 2 heteroatoms. The topological polar surface area (TPSA) is 26.0 Å². The lowest BCUT2D eigenvalue weighted by Crippen LogP contribution is -1.82. The van der Waals surface area contributed by atoms with Crippen molar-refractivity contribution in [3.63, 3.8) is 0 Å². The molecule has 2 aromatic rings. The van der Waals surface area contributed by atoms with Gasteiger partial charge in [-0.3, -0.25) is 0 Å². The molecule has 0 heterocycles. The van der Waals surface area contributed by atoms with Gasteiger partial charge in [0, 0.05) is 10.6 Å². The summed E-state index contributed by atoms with van der Waals surface area (Å²) in [7, 11) is 0. The Morgan fingerprint density at radius 2 is 1.60 bits per heavy atom. The summed E-state index contributed by atoms with van der Waals surface area (Å²) in [5.41, 5.74) is 7.51. The molecule has 78 valence electrons. The Bertz CT molecular complexity index is 381. The molecule has 0 unspecified atom stereocenters. The maximum absolute atomic E-state index is 5.46. The fourth-order valence-electron chi connectivity index (χ4n) is 1.10. The first kappa shape index (κ1) is 11.7. The first-order chi connectivity index (χ1) is 7.18. The van der Waals surface area contributed by atoms with E-state index < -0.39 is 0 Å². The highest BCUT2D eigenvalue weighted by atomic mass is 32.1. The summed E-state index contributed by atoms with van der Waals surface area (Å²) >= 11 is 4.08. The summed E-state index contributed by atoms with van der Waals surface area (Å²) in [4.78, 5) is 1.02. The molecular weight excluding hydrogens is 202 g/mol. The number of rotatable bonds is 0. The lowest BCUT2D eigenvalue weighted by molar-refractivity contribution is 1.47. The van der Waals surface area contributed by atoms with E-state index in [1.807, 2.05) is 61.5 Å². The zero-order valence-electron chi connectivity index (χ0n) is 8.72. The minimum atomic E-state index is 0.838. The van der Waals surface area contributed by atoms with Gasteiger partial charge in [-0.05, 0) is 36.8 Å². The van der Waals surface area contributed by atoms with Crippen LogP contribution < -0.4 is 5.73 Å². The minimum absolute atomic E-state index is 0.838. The highest BCUT2D eigenvalue weighted by Gasteiger charge is 1.81. The van der Waals surface area contributed by atoms with Crippen molar-refractivity contribution in [2.75, 3.05) is 5.73 Å². The average molecular weight is 217 g/mol. The summed E-state index contributed by atoms with van der Waals surface area (Å²) in [5, 5.41) is 0. The van der Waals surface area contributed by atoms with Gasteiger partial charge in [-0.1, -0.05) is 30.3 Å². The fourth-order valence-corrected chi connectivity index (χ4v) is 1.27. The lowest BCUT2D eigenvalue weighted by atomic mass is 10.2. The predicted molar refractivity (Wildman–Crippen MR) is 69.3 cm³/mol. The Kier molecular flexibility index (Phi) is 4.78. The number of hydrogen-bond donors (Lipinski definition) is 2. The Labute approximate surface area is 96.4 Å². The van der Waals surface area contributed by atoms with Crippen LogP contribution in [0.25, 0.3) is 0 Å². The zero-order chi connectivity index (χ0) is 11.1. The van der Waals surface area contributed by atoms with Crippen LogP contribution in [0.3, 0.4) is 0 Å². The Morgan fingerprint density at radius 3 is 1.93 bits per heavy atom. The van der Waals surface area contributed by atoms with Gasteiger partial charge in [-0.15, -0.1) is 12.6 Å². The third kappa shape index (κ3) is 5.13. The van der Waals surface area contributed by atoms with Crippen molar-refractivity contribution < 1.29 is 0 Å². The summed E-state index contributed by atoms with van der Waals surface area (Å²) in [6.07, 6.45) is 0. The molecule has 2 rings (SSSR count). The van der Waals surface area contributed by atoms with Crippen LogP contribution in [0, 0.1) is 6.92 Å². The monoisotopic (exact) mass is 217 g/mol. The first-order valence-electron chi connectivity index (χ1n) is 4.74. The van der Waals surface area contributed by atoms with Crippen LogP contribution in [0.2, 0.25) is 0 Å². The number of aryl methyl sites for hydroxylation is 1. The van der Waals surface area contributed by atoms with Crippen LogP contribution >= 0.6 is 12.6 Å². The second kappa shape index (κ2) is 6.14. The molecular formula is C13H15NS. The molecule has 0 aromatic heterocycles. The minimum Gasteiger partial charge on any atom is -0.399 e. The smallest absolute Gasteiger partial charge is 0.0316 e. The van der Waals surface area contributed by atoms with Crippen molar-refractivity contribution in [3.8, 4) is 0 Å². The molecule has 0 saturated carbocycles. The van der Waals surface area contributed by atoms with Gasteiger partial charge in [0.15, 0.2) is 0 Å². The van der Waals surface area contributed by atoms with Crippen LogP contribution in [-0.4, -0.2) is 0 Å². The fraction of sp³-hybridized carbons (Fsp3) is 0.0769. The van der Waals surface area contributed by atoms with E-state index in [0.29, 0.717) is 0 Å². The summed E-state index contributed by atoms with van der Waals surface area (Å²) in [5.74, 6) is 0. The van der Waals surface area contributed by atoms with Crippen molar-refractivity contribution in [2.45, 2.75) is 11.8 Å². The number of anilines is 1. The van der Waals surface area contributed by atoms with E-state index in [-0.39, 0.29) is 0 Å². The Balaban J connectivity index is 0.000000151. The van der Waals surface area contributed by atoms with Crippen molar-refractivity contribution in [1.82, 2.24) is 0 Å². The number of thiol groups is 1. The number of benzene rings is 2. The van der Waals surface area contributed by atoms with Gasteiger partial charge < -0.3 is 5.73 Å².